The summed E-state index contributed by atoms with van der Waals surface area (Å²) in [7, 11) is 1.24. The number of nitrogens with zero attached hydrogens (tertiary/aromatic N) is 1. The quantitative estimate of drug-likeness (QED) is 0.719. The Hall–Kier alpha value is -1.79. The molecule has 21 heavy (non-hydrogen) atoms. The average Bonchev–Trinajstić information content (AvgIpc) is 2.91. The largest absolute Gasteiger partial charge is 0.480 e. The summed E-state index contributed by atoms with van der Waals surface area (Å²) < 4.78 is 4.48. The zero-order valence-electron chi connectivity index (χ0n) is 12.8. The van der Waals surface area contributed by atoms with Crippen molar-refractivity contribution in [3.63, 3.8) is 0 Å². The Morgan fingerprint density at radius 3 is 2.57 bits per heavy atom. The van der Waals surface area contributed by atoms with Crippen molar-refractivity contribution in [2.45, 2.75) is 51.6 Å². The van der Waals surface area contributed by atoms with Crippen molar-refractivity contribution >= 4 is 18.0 Å². The molecule has 2 amide bonds. The number of carbonyl (C=O) groups excluding carboxylic acids is 2. The highest BCUT2D eigenvalue weighted by molar-refractivity contribution is 5.83. The molecule has 0 aliphatic carbocycles. The van der Waals surface area contributed by atoms with Crippen molar-refractivity contribution in [3.05, 3.63) is 0 Å². The molecule has 1 rings (SSSR count). The van der Waals surface area contributed by atoms with Crippen molar-refractivity contribution in [2.75, 3.05) is 13.7 Å². The van der Waals surface area contributed by atoms with Gasteiger partial charge in [-0.05, 0) is 25.2 Å². The second kappa shape index (κ2) is 7.85. The number of carboxylic acid groups (broad SMARTS) is 1. The van der Waals surface area contributed by atoms with Crippen molar-refractivity contribution in [3.8, 4) is 0 Å². The molecule has 0 radical (unpaired) electrons. The van der Waals surface area contributed by atoms with E-state index >= 15 is 0 Å². The van der Waals surface area contributed by atoms with Gasteiger partial charge in [0.2, 0.25) is 0 Å². The topological polar surface area (TPSA) is 95.9 Å². The zero-order chi connectivity index (χ0) is 16.0. The summed E-state index contributed by atoms with van der Waals surface area (Å²) in [5.74, 6) is -1.30. The Morgan fingerprint density at radius 1 is 1.38 bits per heavy atom. The number of hydrogen-bond donors (Lipinski definition) is 2. The molecular formula is C14H24N2O5. The predicted molar refractivity (Wildman–Crippen MR) is 75.8 cm³/mol. The number of aliphatic carboxylic acids is 1. The molecular weight excluding hydrogens is 276 g/mol. The van der Waals surface area contributed by atoms with Gasteiger partial charge in [0, 0.05) is 19.0 Å². The number of carboxylic acids is 1. The normalized spacial score (nSPS) is 19.4. The SMILES string of the molecule is COC(=O)CC[C@@H](NC(=O)N1CCCC1C(C)C)C(=O)O. The summed E-state index contributed by atoms with van der Waals surface area (Å²) in [5, 5.41) is 11.6. The number of urea groups is 1. The van der Waals surface area contributed by atoms with Gasteiger partial charge in [-0.3, -0.25) is 4.79 Å². The molecule has 0 spiro atoms. The minimum Gasteiger partial charge on any atom is -0.480 e. The van der Waals surface area contributed by atoms with Crippen LogP contribution in [0.25, 0.3) is 0 Å². The van der Waals surface area contributed by atoms with Crippen LogP contribution in [0.4, 0.5) is 4.79 Å². The number of nitrogens with one attached hydrogen (secondary N) is 1. The second-order valence-corrected chi connectivity index (χ2v) is 5.60. The number of carbonyl (C=O) groups is 3. The molecule has 7 heteroatoms. The van der Waals surface area contributed by atoms with Gasteiger partial charge < -0.3 is 20.1 Å². The van der Waals surface area contributed by atoms with Gasteiger partial charge in [-0.1, -0.05) is 13.8 Å². The molecule has 1 aliphatic rings. The van der Waals surface area contributed by atoms with Crippen LogP contribution in [0.5, 0.6) is 0 Å². The van der Waals surface area contributed by atoms with Crippen molar-refractivity contribution < 1.29 is 24.2 Å². The Balaban J connectivity index is 2.60. The summed E-state index contributed by atoms with van der Waals surface area (Å²) in [6.07, 6.45) is 1.84. The average molecular weight is 300 g/mol. The van der Waals surface area contributed by atoms with Crippen molar-refractivity contribution in [1.82, 2.24) is 10.2 Å². The molecule has 2 N–H and O–H groups in total. The Bertz CT molecular complexity index is 397. The van der Waals surface area contributed by atoms with E-state index < -0.39 is 18.0 Å². The third-order valence-corrected chi connectivity index (χ3v) is 3.79. The standard InChI is InChI=1S/C14H24N2O5/c1-9(2)11-5-4-8-16(11)14(20)15-10(13(18)19)6-7-12(17)21-3/h9-11H,4-8H2,1-3H3,(H,15,20)(H,18,19)/t10-,11?/m1/s1. The number of methoxy groups -OCH3 is 1. The molecule has 0 bridgehead atoms. The monoisotopic (exact) mass is 300 g/mol. The predicted octanol–water partition coefficient (Wildman–Crippen LogP) is 1.22. The Morgan fingerprint density at radius 2 is 2.05 bits per heavy atom. The van der Waals surface area contributed by atoms with Gasteiger partial charge in [0.1, 0.15) is 6.04 Å². The van der Waals surface area contributed by atoms with Crippen molar-refractivity contribution in [1.29, 1.82) is 0 Å². The first-order valence-corrected chi connectivity index (χ1v) is 7.23. The third-order valence-electron chi connectivity index (χ3n) is 3.79. The van der Waals surface area contributed by atoms with Gasteiger partial charge in [-0.2, -0.15) is 0 Å². The van der Waals surface area contributed by atoms with Crippen LogP contribution in [-0.4, -0.2) is 53.7 Å². The van der Waals surface area contributed by atoms with E-state index in [0.29, 0.717) is 12.5 Å². The van der Waals surface area contributed by atoms with E-state index in [4.69, 9.17) is 5.11 Å². The number of esters is 1. The van der Waals surface area contributed by atoms with E-state index in [1.54, 1.807) is 4.90 Å². The summed E-state index contributed by atoms with van der Waals surface area (Å²) in [5.41, 5.74) is 0. The summed E-state index contributed by atoms with van der Waals surface area (Å²) in [6.45, 7) is 4.72. The maximum absolute atomic E-state index is 12.2. The Kier molecular flexibility index (Phi) is 6.45. The summed E-state index contributed by atoms with van der Waals surface area (Å²) >= 11 is 0. The van der Waals surface area contributed by atoms with Crippen molar-refractivity contribution in [2.24, 2.45) is 5.92 Å². The van der Waals surface area contributed by atoms with E-state index in [2.05, 4.69) is 10.1 Å². The van der Waals surface area contributed by atoms with Gasteiger partial charge in [-0.15, -0.1) is 0 Å². The fraction of sp³-hybridized carbons (Fsp3) is 0.786. The number of likely N-dealkylation sites (tertiary alicyclic amines) is 1. The molecule has 1 saturated heterocycles. The van der Waals surface area contributed by atoms with Gasteiger partial charge in [0.15, 0.2) is 0 Å². The van der Waals surface area contributed by atoms with E-state index in [-0.39, 0.29) is 24.9 Å². The minimum absolute atomic E-state index is 0.0218. The van der Waals surface area contributed by atoms with Crippen LogP contribution in [0.1, 0.15) is 39.5 Å². The lowest BCUT2D eigenvalue weighted by Gasteiger charge is -2.29. The highest BCUT2D eigenvalue weighted by Gasteiger charge is 2.32. The lowest BCUT2D eigenvalue weighted by atomic mass is 10.0. The van der Waals surface area contributed by atoms with E-state index in [1.807, 2.05) is 13.8 Å². The van der Waals surface area contributed by atoms with Crippen LogP contribution in [0.2, 0.25) is 0 Å². The summed E-state index contributed by atoms with van der Waals surface area (Å²) in [4.78, 5) is 36.2. The van der Waals surface area contributed by atoms with Crippen LogP contribution in [-0.2, 0) is 14.3 Å². The molecule has 1 unspecified atom stereocenters. The van der Waals surface area contributed by atoms with Crippen LogP contribution >= 0.6 is 0 Å². The van der Waals surface area contributed by atoms with Gasteiger partial charge in [0.05, 0.1) is 7.11 Å². The highest BCUT2D eigenvalue weighted by Crippen LogP contribution is 2.23. The number of hydrogen-bond acceptors (Lipinski definition) is 4. The molecule has 0 aromatic carbocycles. The molecule has 1 heterocycles. The number of ether oxygens (including phenoxy) is 1. The number of amides is 2. The zero-order valence-corrected chi connectivity index (χ0v) is 12.8. The maximum Gasteiger partial charge on any atom is 0.326 e. The first-order chi connectivity index (χ1) is 9.86. The lowest BCUT2D eigenvalue weighted by molar-refractivity contribution is -0.142. The first-order valence-electron chi connectivity index (χ1n) is 7.23. The van der Waals surface area contributed by atoms with Crippen LogP contribution in [0.15, 0.2) is 0 Å². The molecule has 7 nitrogen and oxygen atoms in total. The van der Waals surface area contributed by atoms with E-state index in [1.165, 1.54) is 7.11 Å². The van der Waals surface area contributed by atoms with Gasteiger partial charge in [0.25, 0.3) is 0 Å². The van der Waals surface area contributed by atoms with E-state index in [0.717, 1.165) is 12.8 Å². The van der Waals surface area contributed by atoms with Gasteiger partial charge in [-0.25, -0.2) is 9.59 Å². The maximum atomic E-state index is 12.2. The van der Waals surface area contributed by atoms with Crippen LogP contribution in [0, 0.1) is 5.92 Å². The highest BCUT2D eigenvalue weighted by atomic mass is 16.5. The van der Waals surface area contributed by atoms with E-state index in [9.17, 15) is 14.4 Å². The minimum atomic E-state index is -1.15. The second-order valence-electron chi connectivity index (χ2n) is 5.60. The molecule has 0 aromatic rings. The Labute approximate surface area is 124 Å². The molecule has 2 atom stereocenters. The van der Waals surface area contributed by atoms with Crippen LogP contribution < -0.4 is 5.32 Å². The summed E-state index contributed by atoms with van der Waals surface area (Å²) in [6, 6.07) is -1.31. The van der Waals surface area contributed by atoms with Crippen LogP contribution in [0.3, 0.4) is 0 Å². The first kappa shape index (κ1) is 17.3. The van der Waals surface area contributed by atoms with Gasteiger partial charge >= 0.3 is 18.0 Å². The fourth-order valence-corrected chi connectivity index (χ4v) is 2.59. The molecule has 0 aromatic heterocycles. The third kappa shape index (κ3) is 4.91. The molecule has 1 aliphatic heterocycles. The number of rotatable bonds is 6. The molecule has 1 fully saturated rings. The lowest BCUT2D eigenvalue weighted by Crippen LogP contribution is -2.50. The smallest absolute Gasteiger partial charge is 0.326 e. The fourth-order valence-electron chi connectivity index (χ4n) is 2.59. The molecule has 120 valence electrons. The molecule has 0 saturated carbocycles.